The number of aryl methyl sites for hydroxylation is 1. The number of hydrogen-bond acceptors (Lipinski definition) is 6. The summed E-state index contributed by atoms with van der Waals surface area (Å²) in [7, 11) is 1.75. The molecule has 0 aliphatic heterocycles. The third kappa shape index (κ3) is 6.82. The number of ether oxygens (including phenoxy) is 1. The van der Waals surface area contributed by atoms with E-state index in [1.807, 2.05) is 5.38 Å². The van der Waals surface area contributed by atoms with E-state index in [0.29, 0.717) is 10.4 Å². The number of carbonyl (C=O) groups is 2. The summed E-state index contributed by atoms with van der Waals surface area (Å²) in [6, 6.07) is 4.65. The van der Waals surface area contributed by atoms with E-state index in [0.717, 1.165) is 23.4 Å². The van der Waals surface area contributed by atoms with Gasteiger partial charge in [0, 0.05) is 24.5 Å². The highest BCUT2D eigenvalue weighted by atomic mass is 32.1. The molecule has 33 heavy (non-hydrogen) atoms. The average molecular weight is 478 g/mol. The molecule has 11 heteroatoms. The van der Waals surface area contributed by atoms with Crippen molar-refractivity contribution >= 4 is 23.3 Å². The Labute approximate surface area is 193 Å². The molecule has 1 aromatic carbocycles. The van der Waals surface area contributed by atoms with Crippen molar-refractivity contribution in [1.29, 1.82) is 0 Å². The minimum absolute atomic E-state index is 0.0313. The van der Waals surface area contributed by atoms with Crippen LogP contribution in [-0.4, -0.2) is 45.2 Å². The van der Waals surface area contributed by atoms with Crippen molar-refractivity contribution in [2.45, 2.75) is 38.8 Å². The van der Waals surface area contributed by atoms with Gasteiger partial charge in [-0.05, 0) is 51.0 Å². The molecular weight excluding hydrogens is 452 g/mol. The summed E-state index contributed by atoms with van der Waals surface area (Å²) < 4.78 is 33.8. The zero-order valence-electron chi connectivity index (χ0n) is 18.7. The summed E-state index contributed by atoms with van der Waals surface area (Å²) in [5.74, 6) is -2.30. The molecule has 0 aliphatic rings. The van der Waals surface area contributed by atoms with Crippen LogP contribution >= 0.6 is 11.3 Å². The first-order chi connectivity index (χ1) is 15.5. The van der Waals surface area contributed by atoms with Crippen molar-refractivity contribution in [3.63, 3.8) is 0 Å². The van der Waals surface area contributed by atoms with Gasteiger partial charge in [0.05, 0.1) is 22.8 Å². The number of nitrogens with one attached hydrogen (secondary N) is 2. The van der Waals surface area contributed by atoms with Crippen molar-refractivity contribution in [1.82, 2.24) is 25.6 Å². The Balaban J connectivity index is 1.73. The van der Waals surface area contributed by atoms with Gasteiger partial charge in [-0.3, -0.25) is 4.79 Å². The lowest BCUT2D eigenvalue weighted by atomic mass is 10.1. The number of alkyl carbamates (subject to hydrolysis) is 1. The number of amides is 2. The van der Waals surface area contributed by atoms with Crippen molar-refractivity contribution < 1.29 is 23.1 Å². The largest absolute Gasteiger partial charge is 0.444 e. The molecule has 0 aliphatic carbocycles. The van der Waals surface area contributed by atoms with Crippen LogP contribution in [0.15, 0.2) is 35.8 Å². The molecule has 2 amide bonds. The van der Waals surface area contributed by atoms with E-state index < -0.39 is 29.4 Å². The number of rotatable bonds is 7. The Morgan fingerprint density at radius 3 is 2.61 bits per heavy atom. The predicted octanol–water partition coefficient (Wildman–Crippen LogP) is 3.69. The highest BCUT2D eigenvalue weighted by molar-refractivity contribution is 7.12. The van der Waals surface area contributed by atoms with E-state index >= 15 is 0 Å². The van der Waals surface area contributed by atoms with Crippen LogP contribution in [0.25, 0.3) is 11.3 Å². The van der Waals surface area contributed by atoms with E-state index in [-0.39, 0.29) is 18.9 Å². The van der Waals surface area contributed by atoms with Crippen LogP contribution < -0.4 is 10.6 Å². The summed E-state index contributed by atoms with van der Waals surface area (Å²) in [4.78, 5) is 25.4. The zero-order chi connectivity index (χ0) is 24.2. The van der Waals surface area contributed by atoms with Gasteiger partial charge in [0.25, 0.3) is 5.91 Å². The van der Waals surface area contributed by atoms with Gasteiger partial charge in [0.1, 0.15) is 5.60 Å². The molecule has 0 unspecified atom stereocenters. The standard InChI is InChI=1S/C22H25F2N5O3S/c1-22(2,3)32-21(31)25-10-15(7-13-5-6-16(23)17(24)8-13)27-20(30)19-9-14(12-33-19)18-11-26-28-29(18)4/h5-6,8-9,11-12,15H,7,10H2,1-4H3,(H,25,31)(H,27,30)/t15-/m0/s1. The van der Waals surface area contributed by atoms with Gasteiger partial charge in [0.15, 0.2) is 11.6 Å². The van der Waals surface area contributed by atoms with Crippen molar-refractivity contribution in [2.24, 2.45) is 7.05 Å². The van der Waals surface area contributed by atoms with Crippen LogP contribution in [0.3, 0.4) is 0 Å². The molecular formula is C22H25F2N5O3S. The molecule has 0 bridgehead atoms. The van der Waals surface area contributed by atoms with Crippen LogP contribution in [0.2, 0.25) is 0 Å². The maximum absolute atomic E-state index is 13.7. The zero-order valence-corrected chi connectivity index (χ0v) is 19.5. The molecule has 2 heterocycles. The quantitative estimate of drug-likeness (QED) is 0.541. The minimum atomic E-state index is -0.981. The second-order valence-electron chi connectivity index (χ2n) is 8.45. The molecule has 176 valence electrons. The normalized spacial score (nSPS) is 12.3. The molecule has 1 atom stereocenters. The average Bonchev–Trinajstić information content (AvgIpc) is 3.36. The number of carbonyl (C=O) groups excluding carboxylic acids is 2. The molecule has 2 N–H and O–H groups in total. The first kappa shape index (κ1) is 24.3. The van der Waals surface area contributed by atoms with Gasteiger partial charge in [-0.25, -0.2) is 18.3 Å². The Morgan fingerprint density at radius 2 is 1.97 bits per heavy atom. The maximum Gasteiger partial charge on any atom is 0.407 e. The third-order valence-electron chi connectivity index (χ3n) is 4.53. The van der Waals surface area contributed by atoms with Gasteiger partial charge < -0.3 is 15.4 Å². The van der Waals surface area contributed by atoms with Crippen molar-refractivity contribution in [2.75, 3.05) is 6.54 Å². The highest BCUT2D eigenvalue weighted by Crippen LogP contribution is 2.24. The van der Waals surface area contributed by atoms with E-state index in [2.05, 4.69) is 20.9 Å². The molecule has 0 saturated heterocycles. The Kier molecular flexibility index (Phi) is 7.42. The lowest BCUT2D eigenvalue weighted by molar-refractivity contribution is 0.0519. The number of hydrogen-bond donors (Lipinski definition) is 2. The smallest absolute Gasteiger partial charge is 0.407 e. The van der Waals surface area contributed by atoms with Crippen molar-refractivity contribution in [3.8, 4) is 11.3 Å². The van der Waals surface area contributed by atoms with Gasteiger partial charge in [-0.1, -0.05) is 11.3 Å². The summed E-state index contributed by atoms with van der Waals surface area (Å²) in [6.07, 6.45) is 1.12. The Morgan fingerprint density at radius 1 is 1.21 bits per heavy atom. The van der Waals surface area contributed by atoms with Crippen LogP contribution in [0.1, 0.15) is 36.0 Å². The topological polar surface area (TPSA) is 98.1 Å². The number of thiophene rings is 1. The summed E-state index contributed by atoms with van der Waals surface area (Å²) in [5, 5.41) is 15.0. The van der Waals surface area contributed by atoms with Gasteiger partial charge in [0.2, 0.25) is 0 Å². The lowest BCUT2D eigenvalue weighted by Crippen LogP contribution is -2.46. The Bertz CT molecular complexity index is 1140. The molecule has 8 nitrogen and oxygen atoms in total. The number of nitrogens with zero attached hydrogens (tertiary/aromatic N) is 3. The number of benzene rings is 1. The first-order valence-corrected chi connectivity index (χ1v) is 11.0. The molecule has 2 aromatic heterocycles. The summed E-state index contributed by atoms with van der Waals surface area (Å²) >= 11 is 1.25. The van der Waals surface area contributed by atoms with Crippen LogP contribution in [-0.2, 0) is 18.2 Å². The van der Waals surface area contributed by atoms with Crippen molar-refractivity contribution in [3.05, 3.63) is 57.9 Å². The maximum atomic E-state index is 13.7. The monoisotopic (exact) mass is 477 g/mol. The van der Waals surface area contributed by atoms with E-state index in [4.69, 9.17) is 4.74 Å². The van der Waals surface area contributed by atoms with Gasteiger partial charge in [-0.15, -0.1) is 16.4 Å². The fourth-order valence-corrected chi connectivity index (χ4v) is 3.85. The fraction of sp³-hybridized carbons (Fsp3) is 0.364. The summed E-state index contributed by atoms with van der Waals surface area (Å²) in [5.41, 5.74) is 1.34. The van der Waals surface area contributed by atoms with E-state index in [9.17, 15) is 18.4 Å². The van der Waals surface area contributed by atoms with Crippen LogP contribution in [0.4, 0.5) is 13.6 Å². The van der Waals surface area contributed by atoms with E-state index in [1.165, 1.54) is 17.4 Å². The second kappa shape index (κ2) is 10.1. The fourth-order valence-electron chi connectivity index (χ4n) is 3.04. The first-order valence-electron chi connectivity index (χ1n) is 10.2. The van der Waals surface area contributed by atoms with Crippen LogP contribution in [0, 0.1) is 11.6 Å². The highest BCUT2D eigenvalue weighted by Gasteiger charge is 2.21. The summed E-state index contributed by atoms with van der Waals surface area (Å²) in [6.45, 7) is 5.24. The third-order valence-corrected chi connectivity index (χ3v) is 5.46. The molecule has 3 rings (SSSR count). The second-order valence-corrected chi connectivity index (χ2v) is 9.36. The predicted molar refractivity (Wildman–Crippen MR) is 120 cm³/mol. The van der Waals surface area contributed by atoms with Gasteiger partial charge in [-0.2, -0.15) is 0 Å². The van der Waals surface area contributed by atoms with Crippen LogP contribution in [0.5, 0.6) is 0 Å². The molecule has 0 spiro atoms. The number of halogens is 2. The molecule has 0 fully saturated rings. The Hall–Kier alpha value is -3.34. The minimum Gasteiger partial charge on any atom is -0.444 e. The number of aromatic nitrogens is 3. The molecule has 3 aromatic rings. The SMILES string of the molecule is Cn1nncc1-c1csc(C(=O)N[C@H](CNC(=O)OC(C)(C)C)Cc2ccc(F)c(F)c2)c1. The van der Waals surface area contributed by atoms with E-state index in [1.54, 1.807) is 44.8 Å². The molecule has 0 saturated carbocycles. The molecule has 0 radical (unpaired) electrons. The lowest BCUT2D eigenvalue weighted by Gasteiger charge is -2.23. The van der Waals surface area contributed by atoms with Gasteiger partial charge >= 0.3 is 6.09 Å².